The molecule has 0 radical (unpaired) electrons. The van der Waals surface area contributed by atoms with Gasteiger partial charge in [0.25, 0.3) is 5.91 Å². The molecule has 1 amide bonds. The topological polar surface area (TPSA) is 62.1 Å². The summed E-state index contributed by atoms with van der Waals surface area (Å²) in [7, 11) is 1.50. The first-order valence-corrected chi connectivity index (χ1v) is 7.79. The highest BCUT2D eigenvalue weighted by atomic mass is 35.5. The van der Waals surface area contributed by atoms with Gasteiger partial charge in [-0.05, 0) is 42.0 Å². The van der Waals surface area contributed by atoms with Crippen molar-refractivity contribution in [3.05, 3.63) is 62.6 Å². The third-order valence-electron chi connectivity index (χ3n) is 2.97. The van der Waals surface area contributed by atoms with Crippen molar-refractivity contribution in [2.24, 2.45) is 0 Å². The van der Waals surface area contributed by atoms with E-state index in [0.717, 1.165) is 0 Å². The van der Waals surface area contributed by atoms with E-state index >= 15 is 0 Å². The lowest BCUT2D eigenvalue weighted by Gasteiger charge is -2.06. The number of benzene rings is 2. The van der Waals surface area contributed by atoms with Crippen LogP contribution >= 0.6 is 34.8 Å². The van der Waals surface area contributed by atoms with Crippen LogP contribution in [0.4, 0.5) is 5.69 Å². The zero-order chi connectivity index (χ0) is 17.7. The smallest absolute Gasteiger partial charge is 0.266 e. The molecule has 0 saturated heterocycles. The van der Waals surface area contributed by atoms with Crippen LogP contribution in [0.2, 0.25) is 15.1 Å². The molecule has 0 aliphatic heterocycles. The van der Waals surface area contributed by atoms with Crippen LogP contribution < -0.4 is 10.1 Å². The lowest BCUT2D eigenvalue weighted by molar-refractivity contribution is -0.112. The lowest BCUT2D eigenvalue weighted by Crippen LogP contribution is -2.13. The first kappa shape index (κ1) is 18.2. The molecule has 0 saturated carbocycles. The SMILES string of the molecule is COc1ccc(C=C(C#N)C(=O)Nc2cc(Cl)cc(Cl)c2)cc1Cl. The molecule has 2 aromatic rings. The van der Waals surface area contributed by atoms with Gasteiger partial charge < -0.3 is 10.1 Å². The minimum absolute atomic E-state index is 0.0904. The molecule has 4 nitrogen and oxygen atoms in total. The molecule has 122 valence electrons. The number of anilines is 1. The molecule has 2 rings (SSSR count). The van der Waals surface area contributed by atoms with Gasteiger partial charge in [-0.2, -0.15) is 5.26 Å². The Morgan fingerprint density at radius 1 is 1.17 bits per heavy atom. The molecule has 0 atom stereocenters. The number of nitriles is 1. The molecule has 7 heteroatoms. The van der Waals surface area contributed by atoms with Crippen LogP contribution in [-0.2, 0) is 4.79 Å². The highest BCUT2D eigenvalue weighted by Gasteiger charge is 2.11. The van der Waals surface area contributed by atoms with E-state index < -0.39 is 5.91 Å². The lowest BCUT2D eigenvalue weighted by atomic mass is 10.1. The molecule has 24 heavy (non-hydrogen) atoms. The summed E-state index contributed by atoms with van der Waals surface area (Å²) in [4.78, 5) is 12.2. The molecule has 0 heterocycles. The number of carbonyl (C=O) groups excluding carboxylic acids is 1. The van der Waals surface area contributed by atoms with E-state index in [1.807, 2.05) is 6.07 Å². The van der Waals surface area contributed by atoms with Gasteiger partial charge in [0.2, 0.25) is 0 Å². The van der Waals surface area contributed by atoms with Crippen LogP contribution in [-0.4, -0.2) is 13.0 Å². The average molecular weight is 382 g/mol. The van der Waals surface area contributed by atoms with E-state index in [2.05, 4.69) is 5.32 Å². The molecule has 0 aliphatic carbocycles. The normalized spacial score (nSPS) is 10.9. The summed E-state index contributed by atoms with van der Waals surface area (Å²) in [5, 5.41) is 12.9. The summed E-state index contributed by atoms with van der Waals surface area (Å²) >= 11 is 17.8. The summed E-state index contributed by atoms with van der Waals surface area (Å²) in [5.74, 6) is -0.0758. The molecule has 0 aromatic heterocycles. The first-order chi connectivity index (χ1) is 11.4. The van der Waals surface area contributed by atoms with Crippen molar-refractivity contribution in [3.8, 4) is 11.8 Å². The third kappa shape index (κ3) is 4.65. The van der Waals surface area contributed by atoms with E-state index in [-0.39, 0.29) is 5.57 Å². The van der Waals surface area contributed by atoms with Crippen molar-refractivity contribution >= 4 is 52.5 Å². The summed E-state index contributed by atoms with van der Waals surface area (Å²) in [6.45, 7) is 0. The van der Waals surface area contributed by atoms with Gasteiger partial charge >= 0.3 is 0 Å². The van der Waals surface area contributed by atoms with Gasteiger partial charge in [-0.3, -0.25) is 4.79 Å². The van der Waals surface area contributed by atoms with Crippen LogP contribution in [0.1, 0.15) is 5.56 Å². The molecule has 0 bridgehead atoms. The van der Waals surface area contributed by atoms with Crippen LogP contribution in [0.15, 0.2) is 42.0 Å². The molecular formula is C17H11Cl3N2O2. The van der Waals surface area contributed by atoms with Crippen molar-refractivity contribution in [1.82, 2.24) is 0 Å². The third-order valence-corrected chi connectivity index (χ3v) is 3.70. The molecular weight excluding hydrogens is 371 g/mol. The Morgan fingerprint density at radius 2 is 1.83 bits per heavy atom. The first-order valence-electron chi connectivity index (χ1n) is 6.65. The van der Waals surface area contributed by atoms with E-state index in [0.29, 0.717) is 32.1 Å². The maximum absolute atomic E-state index is 12.2. The fraction of sp³-hybridized carbons (Fsp3) is 0.0588. The van der Waals surface area contributed by atoms with Crippen molar-refractivity contribution < 1.29 is 9.53 Å². The zero-order valence-electron chi connectivity index (χ0n) is 12.4. The molecule has 0 fully saturated rings. The Morgan fingerprint density at radius 3 is 2.38 bits per heavy atom. The number of ether oxygens (including phenoxy) is 1. The number of halogens is 3. The van der Waals surface area contributed by atoms with Crippen molar-refractivity contribution in [3.63, 3.8) is 0 Å². The molecule has 1 N–H and O–H groups in total. The number of rotatable bonds is 4. The van der Waals surface area contributed by atoms with Crippen LogP contribution in [0.25, 0.3) is 6.08 Å². The fourth-order valence-corrected chi connectivity index (χ4v) is 2.70. The van der Waals surface area contributed by atoms with Crippen LogP contribution in [0.5, 0.6) is 5.75 Å². The number of nitrogens with zero attached hydrogens (tertiary/aromatic N) is 1. The van der Waals surface area contributed by atoms with Gasteiger partial charge in [-0.25, -0.2) is 0 Å². The quantitative estimate of drug-likeness (QED) is 0.585. The molecule has 2 aromatic carbocycles. The number of carbonyl (C=O) groups is 1. The summed E-state index contributed by atoms with van der Waals surface area (Å²) in [6, 6.07) is 11.4. The predicted octanol–water partition coefficient (Wildman–Crippen LogP) is 5.20. The van der Waals surface area contributed by atoms with E-state index in [9.17, 15) is 10.1 Å². The monoisotopic (exact) mass is 380 g/mol. The number of nitrogens with one attached hydrogen (secondary N) is 1. The highest BCUT2D eigenvalue weighted by molar-refractivity contribution is 6.35. The number of amides is 1. The van der Waals surface area contributed by atoms with Gasteiger partial charge in [-0.1, -0.05) is 40.9 Å². The minimum Gasteiger partial charge on any atom is -0.495 e. The highest BCUT2D eigenvalue weighted by Crippen LogP contribution is 2.26. The standard InChI is InChI=1S/C17H11Cl3N2O2/c1-24-16-3-2-10(5-15(16)20)4-11(9-21)17(23)22-14-7-12(18)6-13(19)8-14/h2-8H,1H3,(H,22,23). The van der Waals surface area contributed by atoms with Gasteiger partial charge in [0.15, 0.2) is 0 Å². The largest absolute Gasteiger partial charge is 0.495 e. The van der Waals surface area contributed by atoms with Gasteiger partial charge in [0, 0.05) is 15.7 Å². The molecule has 0 aliphatic rings. The Kier molecular flexibility index (Phi) is 6.10. The minimum atomic E-state index is -0.581. The second-order valence-electron chi connectivity index (χ2n) is 4.68. The number of methoxy groups -OCH3 is 1. The fourth-order valence-electron chi connectivity index (χ4n) is 1.91. The predicted molar refractivity (Wildman–Crippen MR) is 96.7 cm³/mol. The van der Waals surface area contributed by atoms with Crippen molar-refractivity contribution in [2.75, 3.05) is 12.4 Å². The summed E-state index contributed by atoms with van der Waals surface area (Å²) < 4.78 is 5.06. The number of hydrogen-bond acceptors (Lipinski definition) is 3. The van der Waals surface area contributed by atoms with Gasteiger partial charge in [-0.15, -0.1) is 0 Å². The summed E-state index contributed by atoms with van der Waals surface area (Å²) in [5.41, 5.74) is 0.898. The second-order valence-corrected chi connectivity index (χ2v) is 5.96. The van der Waals surface area contributed by atoms with Crippen molar-refractivity contribution in [1.29, 1.82) is 5.26 Å². The summed E-state index contributed by atoms with van der Waals surface area (Å²) in [6.07, 6.45) is 1.42. The van der Waals surface area contributed by atoms with Gasteiger partial charge in [0.05, 0.1) is 12.1 Å². The Balaban J connectivity index is 2.25. The maximum atomic E-state index is 12.2. The Labute approximate surface area is 154 Å². The zero-order valence-corrected chi connectivity index (χ0v) is 14.7. The van der Waals surface area contributed by atoms with E-state index in [4.69, 9.17) is 39.5 Å². The van der Waals surface area contributed by atoms with Crippen LogP contribution in [0.3, 0.4) is 0 Å². The maximum Gasteiger partial charge on any atom is 0.266 e. The van der Waals surface area contributed by atoms with E-state index in [1.165, 1.54) is 25.3 Å². The Hall–Kier alpha value is -2.19. The van der Waals surface area contributed by atoms with Crippen molar-refractivity contribution in [2.45, 2.75) is 0 Å². The Bertz CT molecular complexity index is 837. The molecule has 0 spiro atoms. The van der Waals surface area contributed by atoms with Gasteiger partial charge in [0.1, 0.15) is 17.4 Å². The average Bonchev–Trinajstić information content (AvgIpc) is 2.51. The number of hydrogen-bond donors (Lipinski definition) is 1. The van der Waals surface area contributed by atoms with E-state index in [1.54, 1.807) is 24.3 Å². The van der Waals surface area contributed by atoms with Crippen LogP contribution in [0, 0.1) is 11.3 Å². The molecule has 0 unspecified atom stereocenters. The second kappa shape index (κ2) is 8.07.